The molecule has 0 aromatic heterocycles. The summed E-state index contributed by atoms with van der Waals surface area (Å²) in [6.45, 7) is 2.70. The van der Waals surface area contributed by atoms with E-state index < -0.39 is 0 Å². The fourth-order valence-corrected chi connectivity index (χ4v) is 3.68. The van der Waals surface area contributed by atoms with Crippen LogP contribution in [-0.4, -0.2) is 18.3 Å². The van der Waals surface area contributed by atoms with Crippen molar-refractivity contribution in [2.24, 2.45) is 11.8 Å². The Bertz CT molecular complexity index is 478. The normalized spacial score (nSPS) is 22.6. The molecule has 0 bridgehead atoms. The topological polar surface area (TPSA) is 29.1 Å². The number of alkyl halides is 1. The third-order valence-electron chi connectivity index (χ3n) is 4.23. The molecule has 2 atom stereocenters. The molecule has 110 valence electrons. The van der Waals surface area contributed by atoms with Gasteiger partial charge in [-0.1, -0.05) is 34.8 Å². The van der Waals surface area contributed by atoms with Gasteiger partial charge >= 0.3 is 0 Å². The van der Waals surface area contributed by atoms with Crippen LogP contribution in [-0.2, 0) is 0 Å². The van der Waals surface area contributed by atoms with E-state index in [0.717, 1.165) is 22.1 Å². The highest BCUT2D eigenvalue weighted by Crippen LogP contribution is 2.30. The second-order valence-electron chi connectivity index (χ2n) is 5.63. The van der Waals surface area contributed by atoms with Gasteiger partial charge in [0.25, 0.3) is 5.91 Å². The second-order valence-corrected chi connectivity index (χ2v) is 6.85. The number of nitrogens with one attached hydrogen (secondary N) is 1. The van der Waals surface area contributed by atoms with Crippen LogP contribution in [0, 0.1) is 18.8 Å². The van der Waals surface area contributed by atoms with E-state index in [1.807, 2.05) is 25.1 Å². The molecule has 1 aliphatic rings. The Kier molecular flexibility index (Phi) is 5.91. The monoisotopic (exact) mass is 357 g/mol. The first-order chi connectivity index (χ1) is 9.61. The van der Waals surface area contributed by atoms with Crippen LogP contribution in [0.15, 0.2) is 22.7 Å². The van der Waals surface area contributed by atoms with Gasteiger partial charge < -0.3 is 5.32 Å². The maximum absolute atomic E-state index is 12.3. The van der Waals surface area contributed by atoms with Crippen LogP contribution in [0.3, 0.4) is 0 Å². The Morgan fingerprint density at radius 3 is 2.75 bits per heavy atom. The number of carbonyl (C=O) groups excluding carboxylic acids is 1. The lowest BCUT2D eigenvalue weighted by atomic mass is 9.80. The molecular formula is C16H21BrClNO. The number of aryl methyl sites for hydroxylation is 1. The molecule has 4 heteroatoms. The predicted molar refractivity (Wildman–Crippen MR) is 87.4 cm³/mol. The Morgan fingerprint density at radius 2 is 2.05 bits per heavy atom. The van der Waals surface area contributed by atoms with Crippen LogP contribution in [0.4, 0.5) is 0 Å². The summed E-state index contributed by atoms with van der Waals surface area (Å²) in [5.74, 6) is 1.80. The van der Waals surface area contributed by atoms with E-state index >= 15 is 0 Å². The van der Waals surface area contributed by atoms with Crippen molar-refractivity contribution in [3.8, 4) is 0 Å². The summed E-state index contributed by atoms with van der Waals surface area (Å²) in [4.78, 5) is 12.3. The molecule has 2 rings (SSSR count). The van der Waals surface area contributed by atoms with E-state index in [0.29, 0.717) is 17.7 Å². The van der Waals surface area contributed by atoms with Crippen molar-refractivity contribution in [2.75, 3.05) is 12.4 Å². The van der Waals surface area contributed by atoms with E-state index in [1.54, 1.807) is 0 Å². The van der Waals surface area contributed by atoms with Gasteiger partial charge in [-0.05, 0) is 49.3 Å². The van der Waals surface area contributed by atoms with Crippen molar-refractivity contribution in [2.45, 2.75) is 32.6 Å². The molecule has 1 aromatic carbocycles. The summed E-state index contributed by atoms with van der Waals surface area (Å²) in [6.07, 6.45) is 4.89. The van der Waals surface area contributed by atoms with Gasteiger partial charge in [-0.3, -0.25) is 4.79 Å². The molecule has 0 aliphatic heterocycles. The molecule has 1 fully saturated rings. The lowest BCUT2D eigenvalue weighted by Gasteiger charge is -2.30. The first-order valence-electron chi connectivity index (χ1n) is 7.22. The number of carbonyl (C=O) groups is 1. The highest BCUT2D eigenvalue weighted by atomic mass is 79.9. The van der Waals surface area contributed by atoms with Gasteiger partial charge in [0.15, 0.2) is 0 Å². The van der Waals surface area contributed by atoms with Gasteiger partial charge in [-0.15, -0.1) is 11.6 Å². The van der Waals surface area contributed by atoms with Crippen LogP contribution in [0.1, 0.15) is 41.6 Å². The number of halogens is 2. The predicted octanol–water partition coefficient (Wildman–Crippen LogP) is 4.53. The van der Waals surface area contributed by atoms with Gasteiger partial charge in [0.2, 0.25) is 0 Å². The van der Waals surface area contributed by atoms with Crippen molar-refractivity contribution in [3.63, 3.8) is 0 Å². The minimum atomic E-state index is 0.0164. The van der Waals surface area contributed by atoms with Gasteiger partial charge in [0, 0.05) is 22.5 Å². The van der Waals surface area contributed by atoms with Crippen molar-refractivity contribution in [1.82, 2.24) is 5.32 Å². The lowest BCUT2D eigenvalue weighted by molar-refractivity contribution is 0.0936. The van der Waals surface area contributed by atoms with Crippen LogP contribution in [0.25, 0.3) is 0 Å². The lowest BCUT2D eigenvalue weighted by Crippen LogP contribution is -2.35. The molecule has 20 heavy (non-hydrogen) atoms. The summed E-state index contributed by atoms with van der Waals surface area (Å²) >= 11 is 9.45. The maximum Gasteiger partial charge on any atom is 0.251 e. The summed E-state index contributed by atoms with van der Waals surface area (Å²) in [5, 5.41) is 3.08. The fraction of sp³-hybridized carbons (Fsp3) is 0.562. The highest BCUT2D eigenvalue weighted by molar-refractivity contribution is 9.10. The first-order valence-corrected chi connectivity index (χ1v) is 8.55. The van der Waals surface area contributed by atoms with Crippen LogP contribution < -0.4 is 5.32 Å². The molecule has 0 saturated heterocycles. The Balaban J connectivity index is 1.96. The summed E-state index contributed by atoms with van der Waals surface area (Å²) in [7, 11) is 0. The van der Waals surface area contributed by atoms with Gasteiger partial charge in [-0.2, -0.15) is 0 Å². The number of amides is 1. The van der Waals surface area contributed by atoms with Crippen molar-refractivity contribution in [3.05, 3.63) is 33.8 Å². The number of hydrogen-bond acceptors (Lipinski definition) is 1. The molecule has 2 unspecified atom stereocenters. The minimum Gasteiger partial charge on any atom is -0.352 e. The largest absolute Gasteiger partial charge is 0.352 e. The molecule has 0 spiro atoms. The van der Waals surface area contributed by atoms with Crippen LogP contribution in [0.5, 0.6) is 0 Å². The fourth-order valence-electron chi connectivity index (χ4n) is 2.91. The Morgan fingerprint density at radius 1 is 1.35 bits per heavy atom. The standard InChI is InChI=1S/C16H21BrClNO/c1-11-6-7-14(17)8-15(11)16(20)19-10-13-5-3-2-4-12(13)9-18/h6-8,12-13H,2-5,9-10H2,1H3,(H,19,20). The average molecular weight is 359 g/mol. The third-order valence-corrected chi connectivity index (χ3v) is 5.12. The van der Waals surface area contributed by atoms with E-state index in [-0.39, 0.29) is 5.91 Å². The van der Waals surface area contributed by atoms with Crippen LogP contribution >= 0.6 is 27.5 Å². The molecule has 2 nitrogen and oxygen atoms in total. The van der Waals surface area contributed by atoms with Crippen LogP contribution in [0.2, 0.25) is 0 Å². The minimum absolute atomic E-state index is 0.0164. The summed E-state index contributed by atoms with van der Waals surface area (Å²) in [6, 6.07) is 5.79. The zero-order valence-electron chi connectivity index (χ0n) is 11.8. The zero-order valence-corrected chi connectivity index (χ0v) is 14.1. The number of rotatable bonds is 4. The molecule has 0 radical (unpaired) electrons. The smallest absolute Gasteiger partial charge is 0.251 e. The number of benzene rings is 1. The second kappa shape index (κ2) is 7.46. The van der Waals surface area contributed by atoms with Gasteiger partial charge in [0.1, 0.15) is 0 Å². The quantitative estimate of drug-likeness (QED) is 0.787. The number of hydrogen-bond donors (Lipinski definition) is 1. The van der Waals surface area contributed by atoms with E-state index in [4.69, 9.17) is 11.6 Å². The maximum atomic E-state index is 12.3. The van der Waals surface area contributed by atoms with Crippen molar-refractivity contribution < 1.29 is 4.79 Å². The van der Waals surface area contributed by atoms with Gasteiger partial charge in [0.05, 0.1) is 0 Å². The van der Waals surface area contributed by atoms with E-state index in [2.05, 4.69) is 21.2 Å². The van der Waals surface area contributed by atoms with Crippen molar-refractivity contribution in [1.29, 1.82) is 0 Å². The molecule has 1 saturated carbocycles. The summed E-state index contributed by atoms with van der Waals surface area (Å²) in [5.41, 5.74) is 1.75. The molecule has 0 heterocycles. The van der Waals surface area contributed by atoms with E-state index in [1.165, 1.54) is 25.7 Å². The molecular weight excluding hydrogens is 338 g/mol. The molecule has 1 amide bonds. The first kappa shape index (κ1) is 15.8. The third kappa shape index (κ3) is 3.98. The highest BCUT2D eigenvalue weighted by Gasteiger charge is 2.24. The Hall–Kier alpha value is -0.540. The van der Waals surface area contributed by atoms with Crippen molar-refractivity contribution >= 4 is 33.4 Å². The summed E-state index contributed by atoms with van der Waals surface area (Å²) < 4.78 is 0.935. The SMILES string of the molecule is Cc1ccc(Br)cc1C(=O)NCC1CCCCC1CCl. The molecule has 1 N–H and O–H groups in total. The zero-order chi connectivity index (χ0) is 14.5. The Labute approximate surface area is 134 Å². The van der Waals surface area contributed by atoms with Gasteiger partial charge in [-0.25, -0.2) is 0 Å². The molecule has 1 aliphatic carbocycles. The molecule has 1 aromatic rings. The van der Waals surface area contributed by atoms with E-state index in [9.17, 15) is 4.79 Å². The average Bonchev–Trinajstić information content (AvgIpc) is 2.47.